The van der Waals surface area contributed by atoms with Gasteiger partial charge in [-0.05, 0) is 6.20 Å². The SMILES string of the molecule is C=CN/C=C(/Cn1cc(S(=O)(=O)Cl)nn1)N(C)C. The van der Waals surface area contributed by atoms with Crippen LogP contribution < -0.4 is 5.32 Å². The van der Waals surface area contributed by atoms with Gasteiger partial charge in [0.1, 0.15) is 0 Å². The third-order valence-electron chi connectivity index (χ3n) is 2.03. The van der Waals surface area contributed by atoms with Gasteiger partial charge in [-0.25, -0.2) is 13.1 Å². The minimum atomic E-state index is -3.84. The van der Waals surface area contributed by atoms with E-state index in [-0.39, 0.29) is 5.03 Å². The highest BCUT2D eigenvalue weighted by molar-refractivity contribution is 8.13. The first-order chi connectivity index (χ1) is 8.34. The molecule has 9 heteroatoms. The minimum Gasteiger partial charge on any atom is -0.378 e. The smallest absolute Gasteiger partial charge is 0.282 e. The fraction of sp³-hybridized carbons (Fsp3) is 0.333. The minimum absolute atomic E-state index is 0.265. The van der Waals surface area contributed by atoms with E-state index in [1.165, 1.54) is 17.1 Å². The summed E-state index contributed by atoms with van der Waals surface area (Å²) in [5, 5.41) is 9.76. The maximum atomic E-state index is 11.0. The first kappa shape index (κ1) is 14.5. The molecule has 0 radical (unpaired) electrons. The van der Waals surface area contributed by atoms with E-state index >= 15 is 0 Å². The van der Waals surface area contributed by atoms with Gasteiger partial charge in [-0.3, -0.25) is 0 Å². The molecule has 1 aromatic heterocycles. The van der Waals surface area contributed by atoms with Crippen LogP contribution in [0.5, 0.6) is 0 Å². The van der Waals surface area contributed by atoms with E-state index in [0.29, 0.717) is 6.54 Å². The van der Waals surface area contributed by atoms with Crippen molar-refractivity contribution in [1.29, 1.82) is 0 Å². The van der Waals surface area contributed by atoms with Crippen molar-refractivity contribution >= 4 is 19.7 Å². The van der Waals surface area contributed by atoms with Crippen molar-refractivity contribution in [3.05, 3.63) is 30.9 Å². The molecule has 0 aliphatic heterocycles. The number of hydrogen-bond acceptors (Lipinski definition) is 6. The number of likely N-dealkylation sites (N-methyl/N-ethyl adjacent to an activating group) is 1. The number of halogens is 1. The maximum Gasteiger partial charge on any atom is 0.282 e. The lowest BCUT2D eigenvalue weighted by molar-refractivity contribution is 0.450. The van der Waals surface area contributed by atoms with Gasteiger partial charge in [0.2, 0.25) is 5.03 Å². The molecule has 0 amide bonds. The van der Waals surface area contributed by atoms with E-state index < -0.39 is 9.05 Å². The van der Waals surface area contributed by atoms with E-state index in [2.05, 4.69) is 22.2 Å². The molecule has 1 heterocycles. The summed E-state index contributed by atoms with van der Waals surface area (Å²) in [4.78, 5) is 1.85. The van der Waals surface area contributed by atoms with Gasteiger partial charge in [0.15, 0.2) is 0 Å². The summed E-state index contributed by atoms with van der Waals surface area (Å²) in [5.74, 6) is 0. The van der Waals surface area contributed by atoms with Crippen LogP contribution in [0.2, 0.25) is 0 Å². The number of allylic oxidation sites excluding steroid dienone is 1. The lowest BCUT2D eigenvalue weighted by atomic mass is 10.4. The second-order valence-electron chi connectivity index (χ2n) is 3.59. The number of nitrogens with one attached hydrogen (secondary N) is 1. The number of hydrogen-bond donors (Lipinski definition) is 1. The highest BCUT2D eigenvalue weighted by Gasteiger charge is 2.15. The van der Waals surface area contributed by atoms with E-state index in [4.69, 9.17) is 10.7 Å². The molecule has 0 aliphatic rings. The van der Waals surface area contributed by atoms with Crippen LogP contribution in [0.3, 0.4) is 0 Å². The van der Waals surface area contributed by atoms with E-state index in [9.17, 15) is 8.42 Å². The Morgan fingerprint density at radius 1 is 1.67 bits per heavy atom. The van der Waals surface area contributed by atoms with Crippen molar-refractivity contribution in [3.8, 4) is 0 Å². The maximum absolute atomic E-state index is 11.0. The van der Waals surface area contributed by atoms with Gasteiger partial charge in [0.05, 0.1) is 18.4 Å². The average Bonchev–Trinajstić information content (AvgIpc) is 2.71. The second kappa shape index (κ2) is 5.87. The van der Waals surface area contributed by atoms with Crippen molar-refractivity contribution in [3.63, 3.8) is 0 Å². The zero-order valence-electron chi connectivity index (χ0n) is 10.0. The van der Waals surface area contributed by atoms with E-state index in [1.54, 1.807) is 6.20 Å². The molecule has 7 nitrogen and oxygen atoms in total. The highest BCUT2D eigenvalue weighted by Crippen LogP contribution is 2.11. The molecule has 100 valence electrons. The van der Waals surface area contributed by atoms with Crippen molar-refractivity contribution < 1.29 is 8.42 Å². The normalized spacial score (nSPS) is 12.3. The first-order valence-electron chi connectivity index (χ1n) is 4.92. The largest absolute Gasteiger partial charge is 0.378 e. The van der Waals surface area contributed by atoms with Gasteiger partial charge >= 0.3 is 0 Å². The topological polar surface area (TPSA) is 80.1 Å². The second-order valence-corrected chi connectivity index (χ2v) is 6.11. The van der Waals surface area contributed by atoms with Crippen LogP contribution in [0.25, 0.3) is 0 Å². The number of nitrogens with zero attached hydrogens (tertiary/aromatic N) is 4. The van der Waals surface area contributed by atoms with Crippen LogP contribution >= 0.6 is 10.7 Å². The van der Waals surface area contributed by atoms with E-state index in [1.807, 2.05) is 19.0 Å². The molecule has 1 rings (SSSR count). The van der Waals surface area contributed by atoms with Crippen LogP contribution in [0.1, 0.15) is 0 Å². The predicted molar refractivity (Wildman–Crippen MR) is 68.2 cm³/mol. The molecule has 0 fully saturated rings. The Morgan fingerprint density at radius 3 is 2.78 bits per heavy atom. The molecule has 0 atom stereocenters. The van der Waals surface area contributed by atoms with E-state index in [0.717, 1.165) is 5.70 Å². The molecule has 1 aromatic rings. The quantitative estimate of drug-likeness (QED) is 0.762. The van der Waals surface area contributed by atoms with Gasteiger partial charge in [-0.15, -0.1) is 5.10 Å². The van der Waals surface area contributed by atoms with Crippen LogP contribution in [0.15, 0.2) is 35.9 Å². The summed E-state index contributed by atoms with van der Waals surface area (Å²) in [7, 11) is 5.03. The van der Waals surface area contributed by atoms with Crippen LogP contribution in [-0.2, 0) is 15.6 Å². The van der Waals surface area contributed by atoms with Crippen LogP contribution in [0, 0.1) is 0 Å². The van der Waals surface area contributed by atoms with Gasteiger partial charge in [-0.2, -0.15) is 0 Å². The van der Waals surface area contributed by atoms with Crippen LogP contribution in [0.4, 0.5) is 0 Å². The molecular weight excluding hydrogens is 278 g/mol. The van der Waals surface area contributed by atoms with Gasteiger partial charge in [0.25, 0.3) is 9.05 Å². The lowest BCUT2D eigenvalue weighted by Crippen LogP contribution is -2.18. The van der Waals surface area contributed by atoms with Gasteiger partial charge in [-0.1, -0.05) is 11.8 Å². The Hall–Kier alpha value is -1.54. The molecule has 0 bridgehead atoms. The molecule has 0 saturated heterocycles. The predicted octanol–water partition coefficient (Wildman–Crippen LogP) is 0.342. The molecule has 0 unspecified atom stereocenters. The van der Waals surface area contributed by atoms with Crippen molar-refractivity contribution in [2.24, 2.45) is 0 Å². The summed E-state index contributed by atoms with van der Waals surface area (Å²) in [6.45, 7) is 3.88. The fourth-order valence-corrected chi connectivity index (χ4v) is 1.70. The molecule has 0 aliphatic carbocycles. The van der Waals surface area contributed by atoms with Crippen molar-refractivity contribution in [2.45, 2.75) is 11.6 Å². The zero-order chi connectivity index (χ0) is 13.8. The van der Waals surface area contributed by atoms with Gasteiger partial charge in [0, 0.05) is 31.0 Å². The Kier molecular flexibility index (Phi) is 4.74. The average molecular weight is 292 g/mol. The number of aromatic nitrogens is 3. The molecule has 0 saturated carbocycles. The van der Waals surface area contributed by atoms with Gasteiger partial charge < -0.3 is 10.2 Å². The first-order valence-corrected chi connectivity index (χ1v) is 7.23. The summed E-state index contributed by atoms with van der Waals surface area (Å²) in [6.07, 6.45) is 4.52. The van der Waals surface area contributed by atoms with Crippen molar-refractivity contribution in [1.82, 2.24) is 25.2 Å². The Bertz CT molecular complexity index is 549. The standard InChI is InChI=1S/C9H14ClN5O2S/c1-4-11-5-8(14(2)3)6-15-7-9(12-13-15)18(10,16)17/h4-5,7,11H,1,6H2,2-3H3/b8-5-. The van der Waals surface area contributed by atoms with Crippen LogP contribution in [-0.4, -0.2) is 42.4 Å². The Balaban J connectivity index is 2.89. The summed E-state index contributed by atoms with van der Waals surface area (Å²) >= 11 is 0. The highest BCUT2D eigenvalue weighted by atomic mass is 35.7. The molecular formula is C9H14ClN5O2S. The molecule has 1 N–H and O–H groups in total. The van der Waals surface area contributed by atoms with Crippen molar-refractivity contribution in [2.75, 3.05) is 14.1 Å². The summed E-state index contributed by atoms with van der Waals surface area (Å²) in [6, 6.07) is 0. The third kappa shape index (κ3) is 4.04. The Morgan fingerprint density at radius 2 is 2.33 bits per heavy atom. The third-order valence-corrected chi connectivity index (χ3v) is 3.19. The summed E-state index contributed by atoms with van der Waals surface area (Å²) in [5.41, 5.74) is 0.860. The number of rotatable bonds is 6. The summed E-state index contributed by atoms with van der Waals surface area (Å²) < 4.78 is 23.5. The fourth-order valence-electron chi connectivity index (χ4n) is 1.11. The monoisotopic (exact) mass is 291 g/mol. The molecule has 0 aromatic carbocycles. The molecule has 18 heavy (non-hydrogen) atoms. The molecule has 0 spiro atoms. The zero-order valence-corrected chi connectivity index (χ0v) is 11.6. The lowest BCUT2D eigenvalue weighted by Gasteiger charge is -2.16. The Labute approximate surface area is 110 Å².